The summed E-state index contributed by atoms with van der Waals surface area (Å²) in [6.07, 6.45) is -6.33. The van der Waals surface area contributed by atoms with E-state index in [4.69, 9.17) is 11.6 Å². The molecule has 1 aromatic heterocycles. The van der Waals surface area contributed by atoms with E-state index in [0.717, 1.165) is 6.07 Å². The molecule has 164 valence electrons. The fourth-order valence-corrected chi connectivity index (χ4v) is 3.54. The number of halogens is 7. The Morgan fingerprint density at radius 1 is 1.07 bits per heavy atom. The third-order valence-corrected chi connectivity index (χ3v) is 5.19. The van der Waals surface area contributed by atoms with Crippen LogP contribution in [-0.4, -0.2) is 51.7 Å². The molecular formula is C18H17ClF6N4O. The molecule has 0 saturated carbocycles. The number of amides is 1. The van der Waals surface area contributed by atoms with Crippen molar-refractivity contribution in [1.82, 2.24) is 19.6 Å². The maximum atomic E-state index is 13.8. The van der Waals surface area contributed by atoms with E-state index in [9.17, 15) is 31.1 Å². The summed E-state index contributed by atoms with van der Waals surface area (Å²) in [5.74, 6) is -2.47. The van der Waals surface area contributed by atoms with Gasteiger partial charge in [0.05, 0.1) is 5.02 Å². The van der Waals surface area contributed by atoms with Crippen LogP contribution in [0, 0.1) is 11.6 Å². The summed E-state index contributed by atoms with van der Waals surface area (Å²) in [6, 6.07) is 3.88. The van der Waals surface area contributed by atoms with Gasteiger partial charge in [-0.15, -0.1) is 0 Å². The van der Waals surface area contributed by atoms with Crippen LogP contribution < -0.4 is 0 Å². The van der Waals surface area contributed by atoms with Gasteiger partial charge in [-0.3, -0.25) is 14.4 Å². The van der Waals surface area contributed by atoms with Crippen molar-refractivity contribution in [1.29, 1.82) is 0 Å². The van der Waals surface area contributed by atoms with Crippen LogP contribution in [0.4, 0.5) is 26.3 Å². The van der Waals surface area contributed by atoms with Gasteiger partial charge in [0.2, 0.25) is 5.91 Å². The summed E-state index contributed by atoms with van der Waals surface area (Å²) >= 11 is 5.58. The number of rotatable bonds is 6. The highest BCUT2D eigenvalue weighted by Gasteiger charge is 2.30. The second-order valence-corrected chi connectivity index (χ2v) is 7.09. The Kier molecular flexibility index (Phi) is 6.91. The predicted molar refractivity (Wildman–Crippen MR) is 95.4 cm³/mol. The lowest BCUT2D eigenvalue weighted by atomic mass is 10.1. The Labute approximate surface area is 172 Å². The van der Waals surface area contributed by atoms with Crippen LogP contribution in [0.1, 0.15) is 29.8 Å². The fraction of sp³-hybridized carbons (Fsp3) is 0.444. The van der Waals surface area contributed by atoms with Gasteiger partial charge in [-0.25, -0.2) is 26.3 Å². The van der Waals surface area contributed by atoms with Crippen LogP contribution in [0.25, 0.3) is 0 Å². The minimum absolute atomic E-state index is 0.146. The topological polar surface area (TPSA) is 41.4 Å². The van der Waals surface area contributed by atoms with Crippen molar-refractivity contribution in [2.45, 2.75) is 25.9 Å². The molecule has 0 radical (unpaired) electrons. The van der Waals surface area contributed by atoms with Crippen LogP contribution in [-0.2, 0) is 17.9 Å². The fourth-order valence-electron chi connectivity index (χ4n) is 3.24. The molecule has 1 amide bonds. The second-order valence-electron chi connectivity index (χ2n) is 6.71. The highest BCUT2D eigenvalue weighted by Crippen LogP contribution is 2.34. The molecule has 1 aliphatic rings. The lowest BCUT2D eigenvalue weighted by Crippen LogP contribution is -2.49. The first-order valence-electron chi connectivity index (χ1n) is 8.94. The highest BCUT2D eigenvalue weighted by atomic mass is 35.5. The van der Waals surface area contributed by atoms with E-state index in [2.05, 4.69) is 5.10 Å². The Hall–Kier alpha value is -2.27. The highest BCUT2D eigenvalue weighted by molar-refractivity contribution is 6.32. The normalized spacial score (nSPS) is 15.4. The lowest BCUT2D eigenvalue weighted by Gasteiger charge is -2.34. The van der Waals surface area contributed by atoms with Crippen molar-refractivity contribution in [3.63, 3.8) is 0 Å². The minimum atomic E-state index is -3.18. The number of aromatic nitrogens is 2. The van der Waals surface area contributed by atoms with Crippen LogP contribution in [0.3, 0.4) is 0 Å². The molecule has 5 nitrogen and oxygen atoms in total. The zero-order valence-electron chi connectivity index (χ0n) is 15.5. The molecule has 0 atom stereocenters. The Balaban J connectivity index is 1.62. The number of alkyl halides is 4. The summed E-state index contributed by atoms with van der Waals surface area (Å²) in [7, 11) is 0. The van der Waals surface area contributed by atoms with E-state index >= 15 is 0 Å². The number of piperazine rings is 1. The maximum absolute atomic E-state index is 13.8. The third kappa shape index (κ3) is 4.72. The molecule has 0 bridgehead atoms. The van der Waals surface area contributed by atoms with Crippen molar-refractivity contribution in [2.75, 3.05) is 26.2 Å². The van der Waals surface area contributed by atoms with Crippen LogP contribution in [0.5, 0.6) is 0 Å². The van der Waals surface area contributed by atoms with Gasteiger partial charge in [-0.2, -0.15) is 5.10 Å². The standard InChI is InChI=1S/C18H17ClF6N4O/c19-13-15(17(22)23)26-29(16(13)18(24)25)9-12(30)28-6-4-27(5-7-28)8-10-2-1-3-11(20)14(10)21/h1-3,17-18H,4-9H2. The van der Waals surface area contributed by atoms with Crippen molar-refractivity contribution in [2.24, 2.45) is 0 Å². The molecule has 0 N–H and O–H groups in total. The molecule has 1 aliphatic heterocycles. The Morgan fingerprint density at radius 2 is 1.73 bits per heavy atom. The minimum Gasteiger partial charge on any atom is -0.339 e. The number of hydrogen-bond acceptors (Lipinski definition) is 3. The third-order valence-electron chi connectivity index (χ3n) is 4.81. The summed E-state index contributed by atoms with van der Waals surface area (Å²) in [5.41, 5.74) is -1.75. The first-order valence-corrected chi connectivity index (χ1v) is 9.32. The molecular weight excluding hydrogens is 438 g/mol. The Morgan fingerprint density at radius 3 is 2.33 bits per heavy atom. The monoisotopic (exact) mass is 454 g/mol. The molecule has 3 rings (SSSR count). The van der Waals surface area contributed by atoms with Crippen molar-refractivity contribution in [3.8, 4) is 0 Å². The number of carbonyl (C=O) groups is 1. The molecule has 30 heavy (non-hydrogen) atoms. The van der Waals surface area contributed by atoms with Gasteiger partial charge in [0.15, 0.2) is 11.6 Å². The zero-order valence-corrected chi connectivity index (χ0v) is 16.2. The summed E-state index contributed by atoms with van der Waals surface area (Å²) in [5, 5.41) is 2.52. The molecule has 0 unspecified atom stereocenters. The van der Waals surface area contributed by atoms with E-state index < -0.39 is 53.3 Å². The lowest BCUT2D eigenvalue weighted by molar-refractivity contribution is -0.134. The SMILES string of the molecule is O=C(Cn1nc(C(F)F)c(Cl)c1C(F)F)N1CCN(Cc2cccc(F)c2F)CC1. The first-order chi connectivity index (χ1) is 14.2. The summed E-state index contributed by atoms with van der Waals surface area (Å²) in [6.45, 7) is 0.572. The second kappa shape index (κ2) is 9.25. The predicted octanol–water partition coefficient (Wildman–Crippen LogP) is 4.03. The molecule has 1 fully saturated rings. The van der Waals surface area contributed by atoms with Crippen molar-refractivity contribution in [3.05, 3.63) is 51.8 Å². The Bertz CT molecular complexity index is 914. The number of benzene rings is 1. The molecule has 12 heteroatoms. The molecule has 0 spiro atoms. The first kappa shape index (κ1) is 22.4. The van der Waals surface area contributed by atoms with Gasteiger partial charge in [0, 0.05) is 38.3 Å². The van der Waals surface area contributed by atoms with Gasteiger partial charge >= 0.3 is 0 Å². The van der Waals surface area contributed by atoms with Crippen molar-refractivity contribution >= 4 is 17.5 Å². The molecule has 1 aromatic carbocycles. The van der Waals surface area contributed by atoms with Gasteiger partial charge in [0.1, 0.15) is 17.9 Å². The summed E-state index contributed by atoms with van der Waals surface area (Å²) < 4.78 is 79.8. The van der Waals surface area contributed by atoms with E-state index in [0.29, 0.717) is 17.8 Å². The molecule has 2 aromatic rings. The summed E-state index contributed by atoms with van der Waals surface area (Å²) in [4.78, 5) is 15.6. The smallest absolute Gasteiger partial charge is 0.283 e. The molecule has 1 saturated heterocycles. The number of hydrogen-bond donors (Lipinski definition) is 0. The van der Waals surface area contributed by atoms with E-state index in [1.807, 2.05) is 4.90 Å². The zero-order chi connectivity index (χ0) is 22.0. The quantitative estimate of drug-likeness (QED) is 0.619. The van der Waals surface area contributed by atoms with E-state index in [-0.39, 0.29) is 25.2 Å². The average molecular weight is 455 g/mol. The largest absolute Gasteiger partial charge is 0.339 e. The van der Waals surface area contributed by atoms with E-state index in [1.165, 1.54) is 17.0 Å². The number of carbonyl (C=O) groups excluding carboxylic acids is 1. The number of nitrogens with zero attached hydrogens (tertiary/aromatic N) is 4. The van der Waals surface area contributed by atoms with Gasteiger partial charge in [0.25, 0.3) is 12.9 Å². The van der Waals surface area contributed by atoms with Gasteiger partial charge in [-0.05, 0) is 6.07 Å². The average Bonchev–Trinajstić information content (AvgIpc) is 3.02. The van der Waals surface area contributed by atoms with Crippen LogP contribution in [0.2, 0.25) is 5.02 Å². The molecule has 2 heterocycles. The van der Waals surface area contributed by atoms with E-state index in [1.54, 1.807) is 0 Å². The van der Waals surface area contributed by atoms with Crippen molar-refractivity contribution < 1.29 is 31.1 Å². The molecule has 0 aliphatic carbocycles. The van der Waals surface area contributed by atoms with Crippen LogP contribution >= 0.6 is 11.6 Å². The van der Waals surface area contributed by atoms with Crippen LogP contribution in [0.15, 0.2) is 18.2 Å². The van der Waals surface area contributed by atoms with Gasteiger partial charge < -0.3 is 4.90 Å². The maximum Gasteiger partial charge on any atom is 0.283 e. The van der Waals surface area contributed by atoms with Gasteiger partial charge in [-0.1, -0.05) is 23.7 Å².